The average Bonchev–Trinajstić information content (AvgIpc) is 2.54. The molecule has 0 aliphatic carbocycles. The molecule has 0 atom stereocenters. The number of aryl methyl sites for hydroxylation is 1. The maximum atomic E-state index is 8.74. The van der Waals surface area contributed by atoms with Crippen molar-refractivity contribution < 1.29 is 9.84 Å². The molecule has 0 saturated heterocycles. The van der Waals surface area contributed by atoms with Gasteiger partial charge in [-0.2, -0.15) is 0 Å². The van der Waals surface area contributed by atoms with Crippen molar-refractivity contribution in [3.05, 3.63) is 65.2 Å². The van der Waals surface area contributed by atoms with E-state index in [2.05, 4.69) is 24.8 Å². The van der Waals surface area contributed by atoms with Gasteiger partial charge in [-0.1, -0.05) is 49.1 Å². The van der Waals surface area contributed by atoms with Gasteiger partial charge in [0.1, 0.15) is 12.4 Å². The third-order valence-corrected chi connectivity index (χ3v) is 3.14. The number of ether oxygens (including phenoxy) is 1. The molecule has 0 bridgehead atoms. The molecule has 2 heteroatoms. The Morgan fingerprint density at radius 3 is 2.76 bits per heavy atom. The normalized spacial score (nSPS) is 9.81. The van der Waals surface area contributed by atoms with Crippen LogP contribution in [0.2, 0.25) is 0 Å². The summed E-state index contributed by atoms with van der Waals surface area (Å²) in [5, 5.41) is 8.74. The highest BCUT2D eigenvalue weighted by atomic mass is 16.5. The van der Waals surface area contributed by atoms with Crippen LogP contribution in [0.3, 0.4) is 0 Å². The van der Waals surface area contributed by atoms with E-state index in [1.165, 1.54) is 5.56 Å². The van der Waals surface area contributed by atoms with Crippen molar-refractivity contribution in [2.75, 3.05) is 6.61 Å². The molecule has 1 N–H and O–H groups in total. The second-order valence-corrected chi connectivity index (χ2v) is 4.73. The number of aliphatic hydroxyl groups is 1. The standard InChI is InChI=1S/C19H20O2/c1-2-18-11-3-4-12-19(18)21-15-17-10-7-9-16(14-17)8-5-6-13-20/h3-4,7,9-12,14,20H,2,6,13,15H2,1H3. The fourth-order valence-electron chi connectivity index (χ4n) is 2.06. The molecule has 0 aliphatic rings. The molecule has 0 radical (unpaired) electrons. The highest BCUT2D eigenvalue weighted by molar-refractivity contribution is 5.38. The zero-order valence-corrected chi connectivity index (χ0v) is 12.3. The van der Waals surface area contributed by atoms with Gasteiger partial charge in [0.05, 0.1) is 6.61 Å². The van der Waals surface area contributed by atoms with E-state index < -0.39 is 0 Å². The minimum Gasteiger partial charge on any atom is -0.489 e. The SMILES string of the molecule is CCc1ccccc1OCc1cccc(C#CCCO)c1. The number of aliphatic hydroxyl groups excluding tert-OH is 1. The van der Waals surface area contributed by atoms with Crippen LogP contribution in [-0.2, 0) is 13.0 Å². The van der Waals surface area contributed by atoms with E-state index in [1.54, 1.807) is 0 Å². The summed E-state index contributed by atoms with van der Waals surface area (Å²) in [5.41, 5.74) is 3.27. The van der Waals surface area contributed by atoms with Crippen LogP contribution in [0.25, 0.3) is 0 Å². The Labute approximate surface area is 126 Å². The third-order valence-electron chi connectivity index (χ3n) is 3.14. The first-order valence-electron chi connectivity index (χ1n) is 7.23. The summed E-state index contributed by atoms with van der Waals surface area (Å²) in [7, 11) is 0. The molecule has 2 rings (SSSR count). The summed E-state index contributed by atoms with van der Waals surface area (Å²) in [6, 6.07) is 16.1. The molecule has 0 aromatic heterocycles. The van der Waals surface area contributed by atoms with E-state index in [9.17, 15) is 0 Å². The summed E-state index contributed by atoms with van der Waals surface area (Å²) in [4.78, 5) is 0. The Morgan fingerprint density at radius 1 is 1.10 bits per heavy atom. The Morgan fingerprint density at radius 2 is 1.95 bits per heavy atom. The van der Waals surface area contributed by atoms with Crippen LogP contribution in [0.1, 0.15) is 30.0 Å². The zero-order valence-electron chi connectivity index (χ0n) is 12.3. The van der Waals surface area contributed by atoms with Crippen molar-refractivity contribution in [2.45, 2.75) is 26.4 Å². The van der Waals surface area contributed by atoms with Crippen molar-refractivity contribution in [1.82, 2.24) is 0 Å². The molecule has 2 aromatic rings. The van der Waals surface area contributed by atoms with Gasteiger partial charge in [0.25, 0.3) is 0 Å². The molecule has 0 amide bonds. The molecule has 2 nitrogen and oxygen atoms in total. The van der Waals surface area contributed by atoms with Gasteiger partial charge < -0.3 is 9.84 Å². The van der Waals surface area contributed by atoms with Crippen LogP contribution in [0.15, 0.2) is 48.5 Å². The van der Waals surface area contributed by atoms with Crippen LogP contribution in [0, 0.1) is 11.8 Å². The van der Waals surface area contributed by atoms with Gasteiger partial charge in [0.2, 0.25) is 0 Å². The quantitative estimate of drug-likeness (QED) is 0.849. The molecule has 2 aromatic carbocycles. The average molecular weight is 280 g/mol. The summed E-state index contributed by atoms with van der Waals surface area (Å²) in [6.07, 6.45) is 1.47. The lowest BCUT2D eigenvalue weighted by molar-refractivity contribution is 0.303. The maximum Gasteiger partial charge on any atom is 0.122 e. The van der Waals surface area contributed by atoms with Crippen LogP contribution in [0.4, 0.5) is 0 Å². The number of benzene rings is 2. The van der Waals surface area contributed by atoms with E-state index in [1.807, 2.05) is 42.5 Å². The molecular formula is C19H20O2. The lowest BCUT2D eigenvalue weighted by Crippen LogP contribution is -1.98. The molecule has 0 saturated carbocycles. The third kappa shape index (κ3) is 4.66. The van der Waals surface area contributed by atoms with E-state index in [0.29, 0.717) is 13.0 Å². The van der Waals surface area contributed by atoms with Gasteiger partial charge in [-0.15, -0.1) is 0 Å². The first-order valence-corrected chi connectivity index (χ1v) is 7.23. The summed E-state index contributed by atoms with van der Waals surface area (Å²) >= 11 is 0. The first kappa shape index (κ1) is 15.2. The number of para-hydroxylation sites is 1. The minimum absolute atomic E-state index is 0.101. The molecule has 0 aliphatic heterocycles. The van der Waals surface area contributed by atoms with E-state index in [-0.39, 0.29) is 6.61 Å². The highest BCUT2D eigenvalue weighted by Crippen LogP contribution is 2.19. The lowest BCUT2D eigenvalue weighted by Gasteiger charge is -2.10. The van der Waals surface area contributed by atoms with Crippen molar-refractivity contribution in [3.8, 4) is 17.6 Å². The van der Waals surface area contributed by atoms with Crippen molar-refractivity contribution in [3.63, 3.8) is 0 Å². The maximum absolute atomic E-state index is 8.74. The summed E-state index contributed by atoms with van der Waals surface area (Å²) < 4.78 is 5.91. The molecule has 0 spiro atoms. The smallest absolute Gasteiger partial charge is 0.122 e. The van der Waals surface area contributed by atoms with Crippen molar-refractivity contribution in [1.29, 1.82) is 0 Å². The molecule has 108 valence electrons. The predicted octanol–water partition coefficient (Wildman–Crippen LogP) is 3.56. The predicted molar refractivity (Wildman–Crippen MR) is 85.2 cm³/mol. The topological polar surface area (TPSA) is 29.5 Å². The summed E-state index contributed by atoms with van der Waals surface area (Å²) in [6.45, 7) is 2.76. The van der Waals surface area contributed by atoms with Crippen LogP contribution in [-0.4, -0.2) is 11.7 Å². The Bertz CT molecular complexity index is 635. The summed E-state index contributed by atoms with van der Waals surface area (Å²) in [5.74, 6) is 6.91. The molecule has 21 heavy (non-hydrogen) atoms. The van der Waals surface area contributed by atoms with Gasteiger partial charge in [-0.05, 0) is 35.7 Å². The fraction of sp³-hybridized carbons (Fsp3) is 0.263. The Kier molecular flexibility index (Phi) is 5.87. The number of hydrogen-bond acceptors (Lipinski definition) is 2. The Hall–Kier alpha value is -2.24. The van der Waals surface area contributed by atoms with Crippen LogP contribution < -0.4 is 4.74 Å². The van der Waals surface area contributed by atoms with Gasteiger partial charge in [0.15, 0.2) is 0 Å². The Balaban J connectivity index is 2.03. The van der Waals surface area contributed by atoms with Crippen LogP contribution in [0.5, 0.6) is 5.75 Å². The minimum atomic E-state index is 0.101. The van der Waals surface area contributed by atoms with E-state index >= 15 is 0 Å². The molecular weight excluding hydrogens is 260 g/mol. The highest BCUT2D eigenvalue weighted by Gasteiger charge is 2.01. The largest absolute Gasteiger partial charge is 0.489 e. The number of rotatable bonds is 5. The zero-order chi connectivity index (χ0) is 14.9. The second kappa shape index (κ2) is 8.14. The molecule has 0 heterocycles. The lowest BCUT2D eigenvalue weighted by atomic mass is 10.1. The van der Waals surface area contributed by atoms with Crippen molar-refractivity contribution in [2.24, 2.45) is 0 Å². The second-order valence-electron chi connectivity index (χ2n) is 4.73. The molecule has 0 unspecified atom stereocenters. The first-order chi connectivity index (χ1) is 10.3. The van der Waals surface area contributed by atoms with Gasteiger partial charge in [-0.3, -0.25) is 0 Å². The molecule has 0 fully saturated rings. The van der Waals surface area contributed by atoms with Crippen LogP contribution >= 0.6 is 0 Å². The van der Waals surface area contributed by atoms with E-state index in [0.717, 1.165) is 23.3 Å². The van der Waals surface area contributed by atoms with Gasteiger partial charge >= 0.3 is 0 Å². The monoisotopic (exact) mass is 280 g/mol. The van der Waals surface area contributed by atoms with Gasteiger partial charge in [0, 0.05) is 12.0 Å². The number of hydrogen-bond donors (Lipinski definition) is 1. The van der Waals surface area contributed by atoms with Gasteiger partial charge in [-0.25, -0.2) is 0 Å². The van der Waals surface area contributed by atoms with Crippen molar-refractivity contribution >= 4 is 0 Å². The van der Waals surface area contributed by atoms with E-state index in [4.69, 9.17) is 9.84 Å². The fourth-order valence-corrected chi connectivity index (χ4v) is 2.06.